The molecule has 1 fully saturated rings. The first-order valence-electron chi connectivity index (χ1n) is 8.35. The number of nitrogens with one attached hydrogen (secondary N) is 1. The fourth-order valence-corrected chi connectivity index (χ4v) is 3.80. The molecule has 24 heavy (non-hydrogen) atoms. The highest BCUT2D eigenvalue weighted by atomic mass is 32.2. The number of methoxy groups -OCH3 is 1. The van der Waals surface area contributed by atoms with Crippen LogP contribution in [0.2, 0.25) is 0 Å². The Hall–Kier alpha value is -1.69. The van der Waals surface area contributed by atoms with Crippen molar-refractivity contribution in [1.82, 2.24) is 10.2 Å². The van der Waals surface area contributed by atoms with Crippen LogP contribution in [-0.2, 0) is 9.53 Å². The fraction of sp³-hybridized carbons (Fsp3) is 0.556. The molecule has 1 aromatic carbocycles. The first-order valence-corrected chi connectivity index (χ1v) is 9.34. The van der Waals surface area contributed by atoms with Crippen LogP contribution < -0.4 is 5.32 Å². The van der Waals surface area contributed by atoms with Crippen molar-refractivity contribution >= 4 is 23.7 Å². The van der Waals surface area contributed by atoms with E-state index in [1.54, 1.807) is 7.05 Å². The summed E-state index contributed by atoms with van der Waals surface area (Å²) in [6.45, 7) is 4.41. The third-order valence-electron chi connectivity index (χ3n) is 4.20. The van der Waals surface area contributed by atoms with Crippen LogP contribution in [0.1, 0.15) is 13.3 Å². The highest BCUT2D eigenvalue weighted by Gasteiger charge is 2.25. The van der Waals surface area contributed by atoms with E-state index < -0.39 is 0 Å². The molecule has 1 heterocycles. The van der Waals surface area contributed by atoms with Gasteiger partial charge in [-0.25, -0.2) is 0 Å². The van der Waals surface area contributed by atoms with Crippen molar-refractivity contribution in [1.29, 1.82) is 0 Å². The number of guanidine groups is 1. The summed E-state index contributed by atoms with van der Waals surface area (Å²) in [5, 5.41) is 3.29. The van der Waals surface area contributed by atoms with Gasteiger partial charge in [-0.3, -0.25) is 9.79 Å². The average molecular weight is 350 g/mol. The van der Waals surface area contributed by atoms with Crippen molar-refractivity contribution in [3.63, 3.8) is 0 Å². The SMILES string of the molecule is CN=C(NCC(C)C(=O)OC)N1CCC(CSc2ccccc2)C1. The molecule has 0 aromatic heterocycles. The Morgan fingerprint density at radius 1 is 1.46 bits per heavy atom. The molecule has 132 valence electrons. The molecule has 0 aliphatic carbocycles. The van der Waals surface area contributed by atoms with Crippen LogP contribution in [0.15, 0.2) is 40.2 Å². The zero-order valence-corrected chi connectivity index (χ0v) is 15.5. The summed E-state index contributed by atoms with van der Waals surface area (Å²) >= 11 is 1.92. The van der Waals surface area contributed by atoms with Crippen LogP contribution in [0.3, 0.4) is 0 Å². The summed E-state index contributed by atoms with van der Waals surface area (Å²) in [6.07, 6.45) is 1.17. The highest BCUT2D eigenvalue weighted by Crippen LogP contribution is 2.25. The minimum Gasteiger partial charge on any atom is -0.469 e. The van der Waals surface area contributed by atoms with Gasteiger partial charge in [0.25, 0.3) is 0 Å². The van der Waals surface area contributed by atoms with Crippen LogP contribution in [0.4, 0.5) is 0 Å². The van der Waals surface area contributed by atoms with E-state index >= 15 is 0 Å². The lowest BCUT2D eigenvalue weighted by atomic mass is 10.2. The van der Waals surface area contributed by atoms with Crippen LogP contribution in [-0.4, -0.2) is 56.4 Å². The van der Waals surface area contributed by atoms with Gasteiger partial charge in [0, 0.05) is 37.3 Å². The van der Waals surface area contributed by atoms with E-state index in [4.69, 9.17) is 4.74 Å². The van der Waals surface area contributed by atoms with E-state index in [9.17, 15) is 4.79 Å². The van der Waals surface area contributed by atoms with Gasteiger partial charge in [0.15, 0.2) is 5.96 Å². The van der Waals surface area contributed by atoms with Crippen molar-refractivity contribution in [3.8, 4) is 0 Å². The van der Waals surface area contributed by atoms with E-state index in [1.807, 2.05) is 24.8 Å². The number of hydrogen-bond donors (Lipinski definition) is 1. The summed E-state index contributed by atoms with van der Waals surface area (Å²) < 4.78 is 4.76. The topological polar surface area (TPSA) is 53.9 Å². The molecule has 1 N–H and O–H groups in total. The number of benzene rings is 1. The molecule has 0 spiro atoms. The maximum Gasteiger partial charge on any atom is 0.310 e. The lowest BCUT2D eigenvalue weighted by Gasteiger charge is -2.22. The summed E-state index contributed by atoms with van der Waals surface area (Å²) in [7, 11) is 3.21. The molecule has 0 bridgehead atoms. The molecule has 1 aromatic rings. The van der Waals surface area contributed by atoms with E-state index in [1.165, 1.54) is 18.4 Å². The number of rotatable bonds is 6. The molecule has 2 unspecified atom stereocenters. The molecule has 1 saturated heterocycles. The number of ether oxygens (including phenoxy) is 1. The number of carbonyl (C=O) groups excluding carboxylic acids is 1. The smallest absolute Gasteiger partial charge is 0.310 e. The molecule has 1 aliphatic heterocycles. The van der Waals surface area contributed by atoms with Gasteiger partial charge >= 0.3 is 5.97 Å². The predicted molar refractivity (Wildman–Crippen MR) is 99.4 cm³/mol. The van der Waals surface area contributed by atoms with Crippen molar-refractivity contribution < 1.29 is 9.53 Å². The summed E-state index contributed by atoms with van der Waals surface area (Å²) in [5.74, 6) is 2.27. The maximum absolute atomic E-state index is 11.5. The Morgan fingerprint density at radius 3 is 2.88 bits per heavy atom. The Balaban J connectivity index is 1.77. The number of carbonyl (C=O) groups is 1. The van der Waals surface area contributed by atoms with Gasteiger partial charge < -0.3 is 15.0 Å². The predicted octanol–water partition coefficient (Wildman–Crippen LogP) is 2.49. The minimum absolute atomic E-state index is 0.182. The molecule has 5 nitrogen and oxygen atoms in total. The molecule has 0 radical (unpaired) electrons. The average Bonchev–Trinajstić information content (AvgIpc) is 3.09. The Morgan fingerprint density at radius 2 is 2.21 bits per heavy atom. The van der Waals surface area contributed by atoms with E-state index in [0.717, 1.165) is 24.8 Å². The number of thioether (sulfide) groups is 1. The van der Waals surface area contributed by atoms with Crippen molar-refractivity contribution in [2.45, 2.75) is 18.2 Å². The Kier molecular flexibility index (Phi) is 7.43. The van der Waals surface area contributed by atoms with Gasteiger partial charge in [0.1, 0.15) is 0 Å². The van der Waals surface area contributed by atoms with Gasteiger partial charge in [-0.1, -0.05) is 25.1 Å². The van der Waals surface area contributed by atoms with E-state index in [-0.39, 0.29) is 11.9 Å². The van der Waals surface area contributed by atoms with E-state index in [2.05, 4.69) is 39.5 Å². The normalized spacial score (nSPS) is 19.2. The first-order chi connectivity index (χ1) is 11.6. The number of esters is 1. The second kappa shape index (κ2) is 9.57. The second-order valence-electron chi connectivity index (χ2n) is 6.08. The van der Waals surface area contributed by atoms with Crippen molar-refractivity contribution in [3.05, 3.63) is 30.3 Å². The lowest BCUT2D eigenvalue weighted by molar-refractivity contribution is -0.144. The zero-order valence-electron chi connectivity index (χ0n) is 14.7. The number of aliphatic imine (C=N–C) groups is 1. The fourth-order valence-electron chi connectivity index (χ4n) is 2.75. The number of hydrogen-bond acceptors (Lipinski definition) is 4. The van der Waals surface area contributed by atoms with Crippen molar-refractivity contribution in [2.24, 2.45) is 16.8 Å². The quantitative estimate of drug-likeness (QED) is 0.370. The van der Waals surface area contributed by atoms with Gasteiger partial charge in [0.2, 0.25) is 0 Å². The third-order valence-corrected chi connectivity index (χ3v) is 5.44. The number of nitrogens with zero attached hydrogens (tertiary/aromatic N) is 2. The first kappa shape index (κ1) is 18.6. The largest absolute Gasteiger partial charge is 0.469 e. The summed E-state index contributed by atoms with van der Waals surface area (Å²) in [4.78, 5) is 19.4. The second-order valence-corrected chi connectivity index (χ2v) is 7.17. The monoisotopic (exact) mass is 349 g/mol. The molecule has 2 atom stereocenters. The summed E-state index contributed by atoms with van der Waals surface area (Å²) in [5.41, 5.74) is 0. The molecular weight excluding hydrogens is 322 g/mol. The molecule has 0 amide bonds. The molecular formula is C18H27N3O2S. The van der Waals surface area contributed by atoms with Crippen molar-refractivity contribution in [2.75, 3.05) is 39.5 Å². The van der Waals surface area contributed by atoms with Crippen LogP contribution in [0.25, 0.3) is 0 Å². The molecule has 1 aliphatic rings. The number of likely N-dealkylation sites (tertiary alicyclic amines) is 1. The van der Waals surface area contributed by atoms with E-state index in [0.29, 0.717) is 12.5 Å². The van der Waals surface area contributed by atoms with Gasteiger partial charge in [-0.15, -0.1) is 11.8 Å². The molecule has 6 heteroatoms. The van der Waals surface area contributed by atoms with Crippen LogP contribution >= 0.6 is 11.8 Å². The molecule has 0 saturated carbocycles. The Bertz CT molecular complexity index is 550. The van der Waals surface area contributed by atoms with Gasteiger partial charge in [0.05, 0.1) is 13.0 Å². The van der Waals surface area contributed by atoms with Crippen LogP contribution in [0, 0.1) is 11.8 Å². The zero-order chi connectivity index (χ0) is 17.4. The minimum atomic E-state index is -0.198. The maximum atomic E-state index is 11.5. The highest BCUT2D eigenvalue weighted by molar-refractivity contribution is 7.99. The summed E-state index contributed by atoms with van der Waals surface area (Å²) in [6, 6.07) is 10.5. The van der Waals surface area contributed by atoms with Gasteiger partial charge in [-0.05, 0) is 24.5 Å². The third kappa shape index (κ3) is 5.44. The molecule has 2 rings (SSSR count). The lowest BCUT2D eigenvalue weighted by Crippen LogP contribution is -2.42. The van der Waals surface area contributed by atoms with Crippen LogP contribution in [0.5, 0.6) is 0 Å². The standard InChI is InChI=1S/C18H27N3O2S/c1-14(17(22)23-3)11-20-18(19-2)21-10-9-15(12-21)13-24-16-7-5-4-6-8-16/h4-8,14-15H,9-13H2,1-3H3,(H,19,20). The Labute approximate surface area is 148 Å². The van der Waals surface area contributed by atoms with Gasteiger partial charge in [-0.2, -0.15) is 0 Å².